The fourth-order valence-corrected chi connectivity index (χ4v) is 3.59. The van der Waals surface area contributed by atoms with E-state index in [1.807, 2.05) is 59.5 Å². The van der Waals surface area contributed by atoms with Crippen molar-refractivity contribution in [3.63, 3.8) is 0 Å². The lowest BCUT2D eigenvalue weighted by atomic mass is 10.1. The van der Waals surface area contributed by atoms with Crippen molar-refractivity contribution in [3.8, 4) is 5.75 Å². The zero-order chi connectivity index (χ0) is 21.2. The smallest absolute Gasteiger partial charge is 0.238 e. The van der Waals surface area contributed by atoms with Gasteiger partial charge in [0.1, 0.15) is 5.75 Å². The minimum Gasteiger partial charge on any atom is -0.494 e. The van der Waals surface area contributed by atoms with Crippen molar-refractivity contribution in [1.29, 1.82) is 0 Å². The first kappa shape index (κ1) is 21.8. The number of ether oxygens (including phenoxy) is 1. The summed E-state index contributed by atoms with van der Waals surface area (Å²) in [6.45, 7) is 5.73. The number of piperazine rings is 1. The molecular formula is C24H31N3O3. The molecule has 1 aliphatic heterocycles. The van der Waals surface area contributed by atoms with E-state index in [0.29, 0.717) is 39.1 Å². The molecular weight excluding hydrogens is 378 g/mol. The summed E-state index contributed by atoms with van der Waals surface area (Å²) >= 11 is 0. The van der Waals surface area contributed by atoms with Crippen LogP contribution in [-0.4, -0.2) is 60.9 Å². The van der Waals surface area contributed by atoms with Gasteiger partial charge >= 0.3 is 0 Å². The summed E-state index contributed by atoms with van der Waals surface area (Å²) < 4.78 is 5.65. The zero-order valence-electron chi connectivity index (χ0n) is 17.7. The molecule has 0 atom stereocenters. The maximum absolute atomic E-state index is 12.4. The van der Waals surface area contributed by atoms with E-state index in [2.05, 4.69) is 17.1 Å². The Labute approximate surface area is 178 Å². The number of rotatable bonds is 9. The summed E-state index contributed by atoms with van der Waals surface area (Å²) in [6, 6.07) is 17.5. The van der Waals surface area contributed by atoms with Crippen LogP contribution >= 0.6 is 0 Å². The van der Waals surface area contributed by atoms with Gasteiger partial charge in [0.15, 0.2) is 0 Å². The average Bonchev–Trinajstić information content (AvgIpc) is 2.78. The van der Waals surface area contributed by atoms with Gasteiger partial charge in [0, 0.05) is 38.3 Å². The van der Waals surface area contributed by atoms with Crippen LogP contribution in [0.4, 0.5) is 5.69 Å². The van der Waals surface area contributed by atoms with E-state index in [0.717, 1.165) is 36.5 Å². The van der Waals surface area contributed by atoms with Crippen LogP contribution in [0, 0.1) is 0 Å². The van der Waals surface area contributed by atoms with E-state index in [1.165, 1.54) is 0 Å². The van der Waals surface area contributed by atoms with Crippen LogP contribution in [0.15, 0.2) is 54.6 Å². The van der Waals surface area contributed by atoms with Gasteiger partial charge in [-0.2, -0.15) is 0 Å². The number of carbonyl (C=O) groups is 2. The highest BCUT2D eigenvalue weighted by atomic mass is 16.5. The number of amides is 2. The zero-order valence-corrected chi connectivity index (χ0v) is 17.7. The number of carbonyl (C=O) groups excluding carboxylic acids is 2. The van der Waals surface area contributed by atoms with Crippen LogP contribution in [0.5, 0.6) is 5.75 Å². The molecule has 0 aromatic heterocycles. The number of para-hydroxylation sites is 2. The molecule has 0 bridgehead atoms. The third-order valence-electron chi connectivity index (χ3n) is 5.31. The Bertz CT molecular complexity index is 817. The standard InChI is InChI=1S/C24H31N3O3/c1-2-20-9-6-7-12-22(20)25-23(28)19-26-14-16-27(17-15-26)24(29)13-8-18-30-21-10-4-3-5-11-21/h3-7,9-12H,2,8,13-19H2,1H3,(H,25,28). The topological polar surface area (TPSA) is 61.9 Å². The predicted octanol–water partition coefficient (Wildman–Crippen LogP) is 3.19. The molecule has 1 N–H and O–H groups in total. The lowest BCUT2D eigenvalue weighted by molar-refractivity contribution is -0.133. The quantitative estimate of drug-likeness (QED) is 0.646. The highest BCUT2D eigenvalue weighted by Gasteiger charge is 2.22. The van der Waals surface area contributed by atoms with Crippen molar-refractivity contribution in [1.82, 2.24) is 9.80 Å². The number of nitrogens with zero attached hydrogens (tertiary/aromatic N) is 2. The molecule has 1 fully saturated rings. The maximum atomic E-state index is 12.4. The molecule has 2 aromatic rings. The second-order valence-corrected chi connectivity index (χ2v) is 7.48. The fraction of sp³-hybridized carbons (Fsp3) is 0.417. The molecule has 2 aromatic carbocycles. The Morgan fingerprint density at radius 1 is 0.967 bits per heavy atom. The minimum atomic E-state index is -0.00580. The number of anilines is 1. The van der Waals surface area contributed by atoms with Crippen LogP contribution in [0.2, 0.25) is 0 Å². The molecule has 6 heteroatoms. The van der Waals surface area contributed by atoms with Crippen LogP contribution in [-0.2, 0) is 16.0 Å². The molecule has 0 radical (unpaired) electrons. The number of hydrogen-bond donors (Lipinski definition) is 1. The molecule has 0 saturated carbocycles. The van der Waals surface area contributed by atoms with Crippen LogP contribution in [0.1, 0.15) is 25.3 Å². The third kappa shape index (κ3) is 6.59. The van der Waals surface area contributed by atoms with Gasteiger partial charge in [-0.15, -0.1) is 0 Å². The monoisotopic (exact) mass is 409 g/mol. The molecule has 0 spiro atoms. The second-order valence-electron chi connectivity index (χ2n) is 7.48. The first-order valence-corrected chi connectivity index (χ1v) is 10.7. The van der Waals surface area contributed by atoms with Gasteiger partial charge in [0.05, 0.1) is 13.2 Å². The van der Waals surface area contributed by atoms with Crippen molar-refractivity contribution in [2.24, 2.45) is 0 Å². The highest BCUT2D eigenvalue weighted by Crippen LogP contribution is 2.15. The van der Waals surface area contributed by atoms with E-state index in [-0.39, 0.29) is 11.8 Å². The Kier molecular flexibility index (Phi) is 8.27. The Morgan fingerprint density at radius 2 is 1.67 bits per heavy atom. The Hall–Kier alpha value is -2.86. The summed E-state index contributed by atoms with van der Waals surface area (Å²) in [6.07, 6.45) is 2.07. The molecule has 0 unspecified atom stereocenters. The van der Waals surface area contributed by atoms with Crippen molar-refractivity contribution in [3.05, 3.63) is 60.2 Å². The van der Waals surface area contributed by atoms with E-state index < -0.39 is 0 Å². The summed E-state index contributed by atoms with van der Waals surface area (Å²) in [7, 11) is 0. The highest BCUT2D eigenvalue weighted by molar-refractivity contribution is 5.93. The normalized spacial score (nSPS) is 14.4. The lowest BCUT2D eigenvalue weighted by Crippen LogP contribution is -2.50. The van der Waals surface area contributed by atoms with Crippen molar-refractivity contribution >= 4 is 17.5 Å². The second kappa shape index (κ2) is 11.4. The van der Waals surface area contributed by atoms with Crippen LogP contribution in [0.25, 0.3) is 0 Å². The first-order chi connectivity index (χ1) is 14.7. The SMILES string of the molecule is CCc1ccccc1NC(=O)CN1CCN(C(=O)CCCOc2ccccc2)CC1. The van der Waals surface area contributed by atoms with Crippen LogP contribution < -0.4 is 10.1 Å². The third-order valence-corrected chi connectivity index (χ3v) is 5.31. The summed E-state index contributed by atoms with van der Waals surface area (Å²) in [5, 5.41) is 3.02. The largest absolute Gasteiger partial charge is 0.494 e. The first-order valence-electron chi connectivity index (χ1n) is 10.7. The lowest BCUT2D eigenvalue weighted by Gasteiger charge is -2.34. The van der Waals surface area contributed by atoms with E-state index >= 15 is 0 Å². The van der Waals surface area contributed by atoms with Gasteiger partial charge in [0.2, 0.25) is 11.8 Å². The van der Waals surface area contributed by atoms with Crippen molar-refractivity contribution in [2.75, 3.05) is 44.6 Å². The molecule has 2 amide bonds. The molecule has 1 saturated heterocycles. The van der Waals surface area contributed by atoms with Gasteiger partial charge in [-0.1, -0.05) is 43.3 Å². The summed E-state index contributed by atoms with van der Waals surface area (Å²) in [4.78, 5) is 28.8. The molecule has 0 aliphatic carbocycles. The predicted molar refractivity (Wildman–Crippen MR) is 119 cm³/mol. The molecule has 3 rings (SSSR count). The molecule has 6 nitrogen and oxygen atoms in total. The van der Waals surface area contributed by atoms with E-state index in [1.54, 1.807) is 0 Å². The molecule has 160 valence electrons. The number of hydrogen-bond acceptors (Lipinski definition) is 4. The minimum absolute atomic E-state index is 0.00580. The van der Waals surface area contributed by atoms with Gasteiger partial charge in [-0.3, -0.25) is 14.5 Å². The molecule has 1 aliphatic rings. The Morgan fingerprint density at radius 3 is 2.40 bits per heavy atom. The Balaban J connectivity index is 1.34. The molecule has 30 heavy (non-hydrogen) atoms. The average molecular weight is 410 g/mol. The number of aryl methyl sites for hydroxylation is 1. The summed E-state index contributed by atoms with van der Waals surface area (Å²) in [5.74, 6) is 0.986. The van der Waals surface area contributed by atoms with E-state index in [9.17, 15) is 9.59 Å². The van der Waals surface area contributed by atoms with Crippen molar-refractivity contribution in [2.45, 2.75) is 26.2 Å². The number of nitrogens with one attached hydrogen (secondary N) is 1. The molecule has 1 heterocycles. The van der Waals surface area contributed by atoms with Gasteiger partial charge in [-0.25, -0.2) is 0 Å². The van der Waals surface area contributed by atoms with Gasteiger partial charge in [0.25, 0.3) is 0 Å². The maximum Gasteiger partial charge on any atom is 0.238 e. The van der Waals surface area contributed by atoms with E-state index in [4.69, 9.17) is 4.74 Å². The fourth-order valence-electron chi connectivity index (χ4n) is 3.59. The van der Waals surface area contributed by atoms with Gasteiger partial charge in [-0.05, 0) is 36.6 Å². The number of benzene rings is 2. The summed E-state index contributed by atoms with van der Waals surface area (Å²) in [5.41, 5.74) is 2.02. The van der Waals surface area contributed by atoms with Crippen molar-refractivity contribution < 1.29 is 14.3 Å². The van der Waals surface area contributed by atoms with Crippen LogP contribution in [0.3, 0.4) is 0 Å². The van der Waals surface area contributed by atoms with Gasteiger partial charge < -0.3 is 15.0 Å².